The van der Waals surface area contributed by atoms with Crippen LogP contribution in [0.2, 0.25) is 0 Å². The molecule has 2 unspecified atom stereocenters. The molecule has 0 amide bonds. The van der Waals surface area contributed by atoms with Crippen molar-refractivity contribution in [3.05, 3.63) is 48.6 Å². The van der Waals surface area contributed by atoms with Crippen molar-refractivity contribution >= 4 is 17.9 Å². The highest BCUT2D eigenvalue weighted by atomic mass is 16.6. The molecule has 270 valence electrons. The Balaban J connectivity index is 4.54. The zero-order valence-corrected chi connectivity index (χ0v) is 30.4. The number of unbranched alkanes of at least 4 members (excludes halogenated alkanes) is 9. The molecule has 47 heavy (non-hydrogen) atoms. The lowest BCUT2D eigenvalue weighted by atomic mass is 10.1. The standard InChI is InChI=1S/C39H67NO7/c1-6-8-10-12-14-16-18-20-21-23-25-27-29-37(41)46-34-35(33-45-32-31-36(39(43)44)40(3,4)5)47-38(42)30-28-26-24-22-19-17-15-13-11-9-7-2/h9,11,14-17,22,24,35-36H,6-8,10,12-13,18-21,23,25-34H2,1-5H3/b11-9+,16-14+,17-15+,24-22+. The third-order valence-electron chi connectivity index (χ3n) is 7.70. The summed E-state index contributed by atoms with van der Waals surface area (Å²) in [6.07, 6.45) is 32.9. The van der Waals surface area contributed by atoms with Crippen LogP contribution in [0, 0.1) is 0 Å². The van der Waals surface area contributed by atoms with E-state index in [4.69, 9.17) is 14.2 Å². The van der Waals surface area contributed by atoms with E-state index in [1.165, 1.54) is 32.1 Å². The van der Waals surface area contributed by atoms with Crippen molar-refractivity contribution in [2.45, 2.75) is 142 Å². The minimum absolute atomic E-state index is 0.0165. The van der Waals surface area contributed by atoms with E-state index in [1.54, 1.807) is 21.1 Å². The van der Waals surface area contributed by atoms with Gasteiger partial charge in [-0.2, -0.15) is 0 Å². The number of esters is 2. The van der Waals surface area contributed by atoms with Gasteiger partial charge in [-0.05, 0) is 64.2 Å². The Morgan fingerprint density at radius 3 is 1.85 bits per heavy atom. The minimum atomic E-state index is -1.14. The molecule has 0 aliphatic carbocycles. The van der Waals surface area contributed by atoms with Crippen molar-refractivity contribution in [2.24, 2.45) is 0 Å². The number of carboxylic acid groups (broad SMARTS) is 1. The number of quaternary nitrogens is 1. The number of likely N-dealkylation sites (N-methyl/N-ethyl adjacent to an activating group) is 1. The molecule has 0 rings (SSSR count). The Morgan fingerprint density at radius 1 is 0.660 bits per heavy atom. The zero-order valence-electron chi connectivity index (χ0n) is 30.4. The van der Waals surface area contributed by atoms with Crippen molar-refractivity contribution in [3.8, 4) is 0 Å². The third kappa shape index (κ3) is 29.2. The summed E-state index contributed by atoms with van der Waals surface area (Å²) in [6.45, 7) is 4.42. The van der Waals surface area contributed by atoms with Gasteiger partial charge in [0.15, 0.2) is 6.10 Å². The second kappa shape index (κ2) is 30.6. The maximum Gasteiger partial charge on any atom is 0.306 e. The van der Waals surface area contributed by atoms with E-state index in [-0.39, 0.29) is 49.1 Å². The summed E-state index contributed by atoms with van der Waals surface area (Å²) in [5, 5.41) is 11.5. The van der Waals surface area contributed by atoms with Gasteiger partial charge in [0, 0.05) is 19.3 Å². The van der Waals surface area contributed by atoms with Crippen LogP contribution in [0.15, 0.2) is 48.6 Å². The van der Waals surface area contributed by atoms with Gasteiger partial charge in [-0.3, -0.25) is 9.59 Å². The van der Waals surface area contributed by atoms with Crippen LogP contribution >= 0.6 is 0 Å². The van der Waals surface area contributed by atoms with Crippen molar-refractivity contribution in [3.63, 3.8) is 0 Å². The highest BCUT2D eigenvalue weighted by Crippen LogP contribution is 2.11. The molecule has 0 N–H and O–H groups in total. The molecule has 0 saturated heterocycles. The van der Waals surface area contributed by atoms with Gasteiger partial charge in [0.2, 0.25) is 0 Å². The highest BCUT2D eigenvalue weighted by Gasteiger charge is 2.25. The van der Waals surface area contributed by atoms with Gasteiger partial charge in [0.1, 0.15) is 12.6 Å². The van der Waals surface area contributed by atoms with E-state index in [0.29, 0.717) is 12.8 Å². The molecule has 0 saturated carbocycles. The number of allylic oxidation sites excluding steroid dienone is 8. The SMILES string of the molecule is CC/C=C/C/C=C/C/C=C/CCCC(=O)OC(COCCC(C(=O)[O-])[N+](C)(C)C)COC(=O)CCCCCCC/C=C/CCCCC. The summed E-state index contributed by atoms with van der Waals surface area (Å²) in [6, 6.07) is -0.734. The Morgan fingerprint density at radius 2 is 1.21 bits per heavy atom. The number of nitrogens with zero attached hydrogens (tertiary/aromatic N) is 1. The van der Waals surface area contributed by atoms with E-state index >= 15 is 0 Å². The molecule has 0 aliphatic rings. The smallest absolute Gasteiger partial charge is 0.306 e. The monoisotopic (exact) mass is 661 g/mol. The van der Waals surface area contributed by atoms with Crippen LogP contribution in [-0.4, -0.2) is 75.5 Å². The summed E-state index contributed by atoms with van der Waals surface area (Å²) >= 11 is 0. The Bertz CT molecular complexity index is 917. The summed E-state index contributed by atoms with van der Waals surface area (Å²) in [5.41, 5.74) is 0. The number of ether oxygens (including phenoxy) is 3. The summed E-state index contributed by atoms with van der Waals surface area (Å²) in [4.78, 5) is 36.5. The quantitative estimate of drug-likeness (QED) is 0.0327. The van der Waals surface area contributed by atoms with E-state index < -0.39 is 18.1 Å². The summed E-state index contributed by atoms with van der Waals surface area (Å²) < 4.78 is 17.0. The van der Waals surface area contributed by atoms with Crippen molar-refractivity contribution in [1.29, 1.82) is 0 Å². The second-order valence-electron chi connectivity index (χ2n) is 13.1. The fraction of sp³-hybridized carbons (Fsp3) is 0.718. The number of carbonyl (C=O) groups is 3. The zero-order chi connectivity index (χ0) is 35.0. The first-order chi connectivity index (χ1) is 22.6. The van der Waals surface area contributed by atoms with Crippen LogP contribution in [0.3, 0.4) is 0 Å². The van der Waals surface area contributed by atoms with Crippen LogP contribution in [0.25, 0.3) is 0 Å². The van der Waals surface area contributed by atoms with E-state index in [9.17, 15) is 19.5 Å². The Kier molecular flexibility index (Phi) is 28.8. The second-order valence-corrected chi connectivity index (χ2v) is 13.1. The molecular formula is C39H67NO7. The van der Waals surface area contributed by atoms with E-state index in [0.717, 1.165) is 57.8 Å². The lowest BCUT2D eigenvalue weighted by Crippen LogP contribution is -2.55. The van der Waals surface area contributed by atoms with Crippen molar-refractivity contribution in [2.75, 3.05) is 41.0 Å². The maximum atomic E-state index is 12.6. The molecule has 0 heterocycles. The molecule has 2 atom stereocenters. The largest absolute Gasteiger partial charge is 0.544 e. The van der Waals surface area contributed by atoms with Crippen molar-refractivity contribution < 1.29 is 38.2 Å². The van der Waals surface area contributed by atoms with Gasteiger partial charge < -0.3 is 28.6 Å². The number of rotatable bonds is 31. The van der Waals surface area contributed by atoms with Crippen LogP contribution < -0.4 is 5.11 Å². The molecule has 0 aromatic carbocycles. The predicted molar refractivity (Wildman–Crippen MR) is 189 cm³/mol. The first-order valence-electron chi connectivity index (χ1n) is 18.2. The molecule has 8 heteroatoms. The van der Waals surface area contributed by atoms with Gasteiger partial charge in [-0.1, -0.05) is 94.6 Å². The van der Waals surface area contributed by atoms with Gasteiger partial charge in [-0.15, -0.1) is 0 Å². The van der Waals surface area contributed by atoms with Gasteiger partial charge in [0.25, 0.3) is 0 Å². The highest BCUT2D eigenvalue weighted by molar-refractivity contribution is 5.70. The molecule has 0 fully saturated rings. The van der Waals surface area contributed by atoms with Crippen molar-refractivity contribution in [1.82, 2.24) is 0 Å². The lowest BCUT2D eigenvalue weighted by Gasteiger charge is -2.34. The number of hydrogen-bond donors (Lipinski definition) is 0. The molecule has 0 aliphatic heterocycles. The first-order valence-corrected chi connectivity index (χ1v) is 18.2. The maximum absolute atomic E-state index is 12.6. The normalized spacial score (nSPS) is 13.6. The van der Waals surface area contributed by atoms with Crippen LogP contribution in [-0.2, 0) is 28.6 Å². The topological polar surface area (TPSA) is 102 Å². The molecular weight excluding hydrogens is 594 g/mol. The number of carboxylic acids is 1. The number of carbonyl (C=O) groups excluding carboxylic acids is 3. The number of aliphatic carboxylic acids is 1. The Labute approximate surface area is 286 Å². The van der Waals surface area contributed by atoms with Crippen LogP contribution in [0.5, 0.6) is 0 Å². The predicted octanol–water partition coefficient (Wildman–Crippen LogP) is 7.57. The fourth-order valence-electron chi connectivity index (χ4n) is 4.85. The van der Waals surface area contributed by atoms with E-state index in [1.807, 2.05) is 0 Å². The molecule has 0 bridgehead atoms. The average Bonchev–Trinajstić information content (AvgIpc) is 3.01. The Hall–Kier alpha value is -2.71. The van der Waals surface area contributed by atoms with Crippen LogP contribution in [0.1, 0.15) is 129 Å². The summed E-state index contributed by atoms with van der Waals surface area (Å²) in [5.74, 6) is -1.83. The molecule has 0 radical (unpaired) electrons. The lowest BCUT2D eigenvalue weighted by molar-refractivity contribution is -0.889. The molecule has 8 nitrogen and oxygen atoms in total. The fourth-order valence-corrected chi connectivity index (χ4v) is 4.85. The average molecular weight is 662 g/mol. The molecule has 0 spiro atoms. The van der Waals surface area contributed by atoms with Crippen LogP contribution in [0.4, 0.5) is 0 Å². The third-order valence-corrected chi connectivity index (χ3v) is 7.70. The summed E-state index contributed by atoms with van der Waals surface area (Å²) in [7, 11) is 5.36. The first kappa shape index (κ1) is 44.3. The van der Waals surface area contributed by atoms with E-state index in [2.05, 4.69) is 62.5 Å². The van der Waals surface area contributed by atoms with Gasteiger partial charge in [0.05, 0.1) is 40.3 Å². The molecule has 0 aromatic rings. The van der Waals surface area contributed by atoms with Gasteiger partial charge in [-0.25, -0.2) is 0 Å². The molecule has 0 aromatic heterocycles. The number of hydrogen-bond acceptors (Lipinski definition) is 7. The minimum Gasteiger partial charge on any atom is -0.544 e. The van der Waals surface area contributed by atoms with Gasteiger partial charge >= 0.3 is 11.9 Å².